The van der Waals surface area contributed by atoms with Crippen LogP contribution in [0.3, 0.4) is 0 Å². The van der Waals surface area contributed by atoms with Gasteiger partial charge in [-0.3, -0.25) is 0 Å². The molecular formula is C28H42O4. The number of rotatable bonds is 18. The highest BCUT2D eigenvalue weighted by Crippen LogP contribution is 2.31. The van der Waals surface area contributed by atoms with E-state index in [1.54, 1.807) is 18.2 Å². The quantitative estimate of drug-likeness (QED) is 0.227. The molecular weight excluding hydrogens is 400 g/mol. The number of fused-ring (bicyclic) bond motifs is 1. The number of carboxylic acids is 1. The molecule has 0 bridgehead atoms. The van der Waals surface area contributed by atoms with Gasteiger partial charge in [-0.25, -0.2) is 4.79 Å². The molecule has 2 N–H and O–H groups in total. The number of hydrogen-bond acceptors (Lipinski definition) is 3. The molecule has 0 heterocycles. The van der Waals surface area contributed by atoms with Crippen LogP contribution in [0, 0.1) is 0 Å². The first kappa shape index (κ1) is 26.0. The monoisotopic (exact) mass is 442 g/mol. The van der Waals surface area contributed by atoms with E-state index in [-0.39, 0.29) is 11.3 Å². The average molecular weight is 443 g/mol. The smallest absolute Gasteiger partial charge is 0.339 e. The Morgan fingerprint density at radius 1 is 0.750 bits per heavy atom. The van der Waals surface area contributed by atoms with Crippen molar-refractivity contribution in [3.8, 4) is 11.5 Å². The number of carboxylic acid groups (broad SMARTS) is 1. The lowest BCUT2D eigenvalue weighted by molar-refractivity contribution is 0.0694. The summed E-state index contributed by atoms with van der Waals surface area (Å²) in [6.07, 6.45) is 20.2. The fourth-order valence-corrected chi connectivity index (χ4v) is 4.22. The molecule has 2 aromatic rings. The maximum Gasteiger partial charge on any atom is 0.339 e. The molecule has 32 heavy (non-hydrogen) atoms. The minimum absolute atomic E-state index is 0.0797. The van der Waals surface area contributed by atoms with Crippen molar-refractivity contribution in [3.63, 3.8) is 0 Å². The van der Waals surface area contributed by atoms with Crippen molar-refractivity contribution >= 4 is 16.7 Å². The van der Waals surface area contributed by atoms with Gasteiger partial charge in [0.25, 0.3) is 0 Å². The minimum Gasteiger partial charge on any atom is -0.506 e. The fourth-order valence-electron chi connectivity index (χ4n) is 4.22. The number of unbranched alkanes of at least 4 members (excludes halogenated alkanes) is 14. The van der Waals surface area contributed by atoms with Crippen molar-refractivity contribution in [2.75, 3.05) is 6.61 Å². The van der Waals surface area contributed by atoms with Crippen LogP contribution in [-0.2, 0) is 0 Å². The molecule has 0 saturated carbocycles. The first-order chi connectivity index (χ1) is 15.6. The highest BCUT2D eigenvalue weighted by Gasteiger charge is 2.12. The van der Waals surface area contributed by atoms with Crippen molar-refractivity contribution in [1.82, 2.24) is 0 Å². The zero-order valence-electron chi connectivity index (χ0n) is 19.9. The van der Waals surface area contributed by atoms with Crippen LogP contribution in [0.25, 0.3) is 10.8 Å². The topological polar surface area (TPSA) is 66.8 Å². The van der Waals surface area contributed by atoms with Gasteiger partial charge >= 0.3 is 5.97 Å². The van der Waals surface area contributed by atoms with Gasteiger partial charge in [0.2, 0.25) is 0 Å². The van der Waals surface area contributed by atoms with Gasteiger partial charge < -0.3 is 14.9 Å². The van der Waals surface area contributed by atoms with Gasteiger partial charge in [0.05, 0.1) is 6.61 Å². The van der Waals surface area contributed by atoms with Crippen molar-refractivity contribution < 1.29 is 19.7 Å². The molecule has 0 amide bonds. The van der Waals surface area contributed by atoms with Crippen LogP contribution in [-0.4, -0.2) is 22.8 Å². The molecule has 0 fully saturated rings. The van der Waals surface area contributed by atoms with Gasteiger partial charge in [-0.2, -0.15) is 0 Å². The number of ether oxygens (including phenoxy) is 1. The van der Waals surface area contributed by atoms with E-state index in [1.165, 1.54) is 96.0 Å². The lowest BCUT2D eigenvalue weighted by atomic mass is 10.0. The van der Waals surface area contributed by atoms with Gasteiger partial charge in [-0.15, -0.1) is 0 Å². The van der Waals surface area contributed by atoms with E-state index in [4.69, 9.17) is 9.84 Å². The molecule has 0 aromatic heterocycles. The average Bonchev–Trinajstić information content (AvgIpc) is 2.78. The van der Waals surface area contributed by atoms with E-state index in [0.29, 0.717) is 12.0 Å². The Labute approximate surface area is 194 Å². The Hall–Kier alpha value is -2.23. The minimum atomic E-state index is -1.13. The molecule has 4 heteroatoms. The molecule has 0 aliphatic carbocycles. The molecule has 0 radical (unpaired) electrons. The molecule has 0 atom stereocenters. The molecule has 0 saturated heterocycles. The van der Waals surface area contributed by atoms with Crippen molar-refractivity contribution in [2.24, 2.45) is 0 Å². The largest absolute Gasteiger partial charge is 0.506 e. The summed E-state index contributed by atoms with van der Waals surface area (Å²) < 4.78 is 5.85. The zero-order valence-corrected chi connectivity index (χ0v) is 19.9. The molecule has 0 unspecified atom stereocenters. The standard InChI is InChI=1S/C28H42O4/c1-2-3-4-5-6-7-8-9-10-11-12-13-14-15-16-21-32-24-18-20-25-23(22-24)17-19-26(27(25)29)28(30)31/h17-20,22,29H,2-16,21H2,1H3,(H,30,31). The summed E-state index contributed by atoms with van der Waals surface area (Å²) in [5.41, 5.74) is -0.0797. The van der Waals surface area contributed by atoms with Crippen molar-refractivity contribution in [2.45, 2.75) is 103 Å². The lowest BCUT2D eigenvalue weighted by Crippen LogP contribution is -1.98. The van der Waals surface area contributed by atoms with Crippen LogP contribution >= 0.6 is 0 Å². The summed E-state index contributed by atoms with van der Waals surface area (Å²) in [4.78, 5) is 11.1. The highest BCUT2D eigenvalue weighted by atomic mass is 16.5. The summed E-state index contributed by atoms with van der Waals surface area (Å²) in [6, 6.07) is 8.50. The lowest BCUT2D eigenvalue weighted by Gasteiger charge is -2.09. The summed E-state index contributed by atoms with van der Waals surface area (Å²) in [5.74, 6) is -0.563. The number of aromatic hydroxyl groups is 1. The first-order valence-corrected chi connectivity index (χ1v) is 12.7. The van der Waals surface area contributed by atoms with Crippen molar-refractivity contribution in [3.05, 3.63) is 35.9 Å². The van der Waals surface area contributed by atoms with E-state index in [2.05, 4.69) is 6.92 Å². The zero-order chi connectivity index (χ0) is 23.0. The Balaban J connectivity index is 1.48. The molecule has 178 valence electrons. The normalized spacial score (nSPS) is 11.2. The van der Waals surface area contributed by atoms with Gasteiger partial charge in [-0.1, -0.05) is 103 Å². The van der Waals surface area contributed by atoms with Gasteiger partial charge in [0, 0.05) is 5.39 Å². The number of carbonyl (C=O) groups is 1. The number of benzene rings is 2. The van der Waals surface area contributed by atoms with Gasteiger partial charge in [0.1, 0.15) is 17.1 Å². The first-order valence-electron chi connectivity index (χ1n) is 12.7. The predicted octanol–water partition coefficient (Wildman–Crippen LogP) is 8.49. The molecule has 0 aliphatic heterocycles. The third-order valence-corrected chi connectivity index (χ3v) is 6.21. The Kier molecular flexibility index (Phi) is 12.6. The predicted molar refractivity (Wildman–Crippen MR) is 133 cm³/mol. The van der Waals surface area contributed by atoms with Crippen LogP contribution in [0.2, 0.25) is 0 Å². The fraction of sp³-hybridized carbons (Fsp3) is 0.607. The second-order valence-corrected chi connectivity index (χ2v) is 8.95. The van der Waals surface area contributed by atoms with E-state index < -0.39 is 5.97 Å². The molecule has 0 aliphatic rings. The second kappa shape index (κ2) is 15.6. The van der Waals surface area contributed by atoms with Gasteiger partial charge in [0.15, 0.2) is 0 Å². The second-order valence-electron chi connectivity index (χ2n) is 8.95. The van der Waals surface area contributed by atoms with Crippen LogP contribution in [0.15, 0.2) is 30.3 Å². The summed E-state index contributed by atoms with van der Waals surface area (Å²) >= 11 is 0. The maximum absolute atomic E-state index is 11.1. The third kappa shape index (κ3) is 9.50. The highest BCUT2D eigenvalue weighted by molar-refractivity contribution is 6.00. The Morgan fingerprint density at radius 3 is 1.81 bits per heavy atom. The van der Waals surface area contributed by atoms with E-state index in [1.807, 2.05) is 6.07 Å². The molecule has 0 spiro atoms. The molecule has 4 nitrogen and oxygen atoms in total. The number of aromatic carboxylic acids is 1. The molecule has 2 rings (SSSR count). The van der Waals surface area contributed by atoms with E-state index in [9.17, 15) is 9.90 Å². The number of hydrogen-bond donors (Lipinski definition) is 2. The Bertz CT molecular complexity index is 799. The Morgan fingerprint density at radius 2 is 1.28 bits per heavy atom. The maximum atomic E-state index is 11.1. The summed E-state index contributed by atoms with van der Waals surface area (Å²) in [5, 5.41) is 20.5. The summed E-state index contributed by atoms with van der Waals surface area (Å²) in [7, 11) is 0. The van der Waals surface area contributed by atoms with E-state index >= 15 is 0 Å². The van der Waals surface area contributed by atoms with Crippen LogP contribution in [0.4, 0.5) is 0 Å². The SMILES string of the molecule is CCCCCCCCCCCCCCCCCOc1ccc2c(O)c(C(=O)O)ccc2c1. The van der Waals surface area contributed by atoms with E-state index in [0.717, 1.165) is 17.6 Å². The van der Waals surface area contributed by atoms with Crippen molar-refractivity contribution in [1.29, 1.82) is 0 Å². The summed E-state index contributed by atoms with van der Waals surface area (Å²) in [6.45, 7) is 2.96. The molecule has 2 aromatic carbocycles. The van der Waals surface area contributed by atoms with Crippen LogP contribution in [0.1, 0.15) is 114 Å². The van der Waals surface area contributed by atoms with Crippen LogP contribution in [0.5, 0.6) is 11.5 Å². The third-order valence-electron chi connectivity index (χ3n) is 6.21. The van der Waals surface area contributed by atoms with Crippen LogP contribution < -0.4 is 4.74 Å². The number of phenols is 1. The van der Waals surface area contributed by atoms with Gasteiger partial charge in [-0.05, 0) is 36.1 Å².